The molecule has 0 unspecified atom stereocenters. The van der Waals surface area contributed by atoms with Gasteiger partial charge < -0.3 is 25.0 Å². The van der Waals surface area contributed by atoms with E-state index in [2.05, 4.69) is 26.1 Å². The summed E-state index contributed by atoms with van der Waals surface area (Å²) in [4.78, 5) is 68.9. The lowest BCUT2D eigenvalue weighted by atomic mass is 9.99. The van der Waals surface area contributed by atoms with Gasteiger partial charge in [0.1, 0.15) is 23.8 Å². The number of sulfonamides is 1. The van der Waals surface area contributed by atoms with Gasteiger partial charge in [0.2, 0.25) is 21.9 Å². The molecule has 3 aromatic rings. The summed E-state index contributed by atoms with van der Waals surface area (Å²) in [6.07, 6.45) is -4.72. The molecule has 18 nitrogen and oxygen atoms in total. The smallest absolute Gasteiger partial charge is 0.414 e. The van der Waals surface area contributed by atoms with Crippen molar-refractivity contribution in [1.82, 2.24) is 25.2 Å². The molecule has 0 saturated carbocycles. The highest BCUT2D eigenvalue weighted by Crippen LogP contribution is 2.21. The molecule has 19 heteroatoms. The van der Waals surface area contributed by atoms with Crippen molar-refractivity contribution >= 4 is 40.2 Å². The van der Waals surface area contributed by atoms with Crippen LogP contribution in [0.2, 0.25) is 0 Å². The fraction of sp³-hybridized carbons (Fsp3) is 0.489. The number of carbonyl (C=O) groups excluding carboxylic acids is 3. The van der Waals surface area contributed by atoms with Crippen molar-refractivity contribution in [3.05, 3.63) is 107 Å². The highest BCUT2D eigenvalue weighted by Gasteiger charge is 2.35. The van der Waals surface area contributed by atoms with Gasteiger partial charge in [-0.15, -0.1) is 0 Å². The van der Waals surface area contributed by atoms with E-state index in [0.29, 0.717) is 16.7 Å². The molecule has 64 heavy (non-hydrogen) atoms. The first-order chi connectivity index (χ1) is 30.0. The van der Waals surface area contributed by atoms with Gasteiger partial charge in [0.05, 0.1) is 17.0 Å². The van der Waals surface area contributed by atoms with Crippen LogP contribution >= 0.6 is 0 Å². The molecule has 0 heterocycles. The second kappa shape index (κ2) is 24.2. The Morgan fingerprint density at radius 1 is 0.766 bits per heavy atom. The third kappa shape index (κ3) is 18.4. The number of carboxylic acid groups (broad SMARTS) is 1. The highest BCUT2D eigenvalue weighted by atomic mass is 32.2. The summed E-state index contributed by atoms with van der Waals surface area (Å²) in [6, 6.07) is 20.8. The van der Waals surface area contributed by atoms with Crippen LogP contribution in [0.15, 0.2) is 100.0 Å². The number of aliphatic hydroxyl groups is 1. The Balaban J connectivity index is 2.00. The SMILES string of the molecule is CC(C)CN(C[C@@H](O)[C@H](Cc1ccccc1)NC(=O)[C@H](CCCN=C(NC(=O)OC(C)(C)C)NC(=O)OC(C)(C)C)N(Cc1ccccc1)C(=O)O)S(=O)(=O)c1ccc(CN=O)cc1. The maximum absolute atomic E-state index is 14.6. The van der Waals surface area contributed by atoms with E-state index in [9.17, 15) is 42.7 Å². The van der Waals surface area contributed by atoms with Gasteiger partial charge in [-0.2, -0.15) is 9.21 Å². The number of guanidine groups is 1. The van der Waals surface area contributed by atoms with E-state index in [1.54, 1.807) is 102 Å². The van der Waals surface area contributed by atoms with E-state index in [4.69, 9.17) is 9.47 Å². The zero-order valence-electron chi connectivity index (χ0n) is 37.8. The Kier molecular flexibility index (Phi) is 19.8. The number of nitrogens with zero attached hydrogens (tertiary/aromatic N) is 4. The number of amides is 4. The van der Waals surface area contributed by atoms with Crippen LogP contribution in [0, 0.1) is 10.8 Å². The molecule has 0 aliphatic carbocycles. The molecule has 3 aromatic carbocycles. The van der Waals surface area contributed by atoms with Crippen molar-refractivity contribution in [2.45, 2.75) is 122 Å². The highest BCUT2D eigenvalue weighted by molar-refractivity contribution is 7.89. The zero-order chi connectivity index (χ0) is 47.7. The van der Waals surface area contributed by atoms with Crippen LogP contribution in [0.5, 0.6) is 0 Å². The van der Waals surface area contributed by atoms with Gasteiger partial charge in [-0.05, 0) is 95.5 Å². The number of hydrogen-bond acceptors (Lipinski definition) is 12. The maximum atomic E-state index is 14.6. The predicted octanol–water partition coefficient (Wildman–Crippen LogP) is 6.42. The zero-order valence-corrected chi connectivity index (χ0v) is 38.6. The van der Waals surface area contributed by atoms with Gasteiger partial charge in [0, 0.05) is 26.2 Å². The van der Waals surface area contributed by atoms with Crippen molar-refractivity contribution in [2.24, 2.45) is 16.1 Å². The van der Waals surface area contributed by atoms with Crippen LogP contribution in [0.1, 0.15) is 84.9 Å². The van der Waals surface area contributed by atoms with Crippen molar-refractivity contribution < 1.29 is 47.3 Å². The molecule has 5 N–H and O–H groups in total. The summed E-state index contributed by atoms with van der Waals surface area (Å²) in [7, 11) is -4.20. The second-order valence-corrected chi connectivity index (χ2v) is 19.5. The van der Waals surface area contributed by atoms with Gasteiger partial charge >= 0.3 is 18.3 Å². The van der Waals surface area contributed by atoms with Crippen LogP contribution in [0.4, 0.5) is 14.4 Å². The number of hydrogen-bond donors (Lipinski definition) is 5. The van der Waals surface area contributed by atoms with E-state index in [1.807, 2.05) is 13.8 Å². The summed E-state index contributed by atoms with van der Waals surface area (Å²) in [5, 5.41) is 33.0. The largest absolute Gasteiger partial charge is 0.465 e. The number of ether oxygens (including phenoxy) is 2. The second-order valence-electron chi connectivity index (χ2n) is 17.6. The van der Waals surface area contributed by atoms with Gasteiger partial charge in [-0.25, -0.2) is 22.8 Å². The van der Waals surface area contributed by atoms with Gasteiger partial charge in [-0.1, -0.05) is 91.8 Å². The number of nitrogens with one attached hydrogen (secondary N) is 3. The van der Waals surface area contributed by atoms with E-state index < -0.39 is 70.1 Å². The normalized spacial score (nSPS) is 13.2. The Bertz CT molecular complexity index is 2090. The van der Waals surface area contributed by atoms with Gasteiger partial charge in [0.15, 0.2) is 0 Å². The van der Waals surface area contributed by atoms with Crippen molar-refractivity contribution in [3.63, 3.8) is 0 Å². The number of benzene rings is 3. The number of aliphatic imine (C=N–C) groups is 1. The third-order valence-electron chi connectivity index (χ3n) is 9.12. The molecule has 0 radical (unpaired) electrons. The maximum Gasteiger partial charge on any atom is 0.414 e. The molecule has 4 amide bonds. The molecule has 0 saturated heterocycles. The van der Waals surface area contributed by atoms with E-state index in [-0.39, 0.29) is 62.2 Å². The lowest BCUT2D eigenvalue weighted by Crippen LogP contribution is -2.56. The van der Waals surface area contributed by atoms with E-state index >= 15 is 0 Å². The quantitative estimate of drug-likeness (QED) is 0.0358. The number of nitroso groups, excluding NO2 is 1. The van der Waals surface area contributed by atoms with Crippen molar-refractivity contribution in [2.75, 3.05) is 19.6 Å². The van der Waals surface area contributed by atoms with E-state index in [0.717, 1.165) is 9.21 Å². The number of alkyl carbamates (subject to hydrolysis) is 2. The van der Waals surface area contributed by atoms with Crippen LogP contribution in [0.3, 0.4) is 0 Å². The minimum atomic E-state index is -4.20. The Hall–Kier alpha value is -5.92. The minimum absolute atomic E-state index is 0.0175. The number of aliphatic hydroxyl groups excluding tert-OH is 1. The number of rotatable bonds is 20. The lowest BCUT2D eigenvalue weighted by Gasteiger charge is -2.33. The Labute approximate surface area is 375 Å². The van der Waals surface area contributed by atoms with Crippen LogP contribution in [-0.4, -0.2) is 107 Å². The molecule has 0 aliphatic heterocycles. The van der Waals surface area contributed by atoms with Crippen LogP contribution < -0.4 is 16.0 Å². The van der Waals surface area contributed by atoms with Crippen molar-refractivity contribution in [1.29, 1.82) is 0 Å². The summed E-state index contributed by atoms with van der Waals surface area (Å²) in [5.41, 5.74) is 0.0657. The number of carbonyl (C=O) groups is 4. The molecule has 0 spiro atoms. The molecule has 3 atom stereocenters. The molecular formula is C45H63N7O11S. The standard InChI is InChI=1S/C45H63N7O11S/c1-31(2)28-51(64(60,61)35-23-21-33(22-24-35)27-47-59)30-38(53)36(26-32-16-11-9-12-17-32)48-39(54)37(52(43(57)58)29-34-18-13-10-14-19-34)20-15-25-46-40(49-41(55)62-44(3,4)5)50-42(56)63-45(6,7)8/h9-14,16-19,21-24,31,36-38,53H,15,20,25-30H2,1-8H3,(H,48,54)(H,57,58)(H2,46,49,50,55,56)/t36-,37-,38+/m0/s1. The average Bonchev–Trinajstić information content (AvgIpc) is 3.19. The van der Waals surface area contributed by atoms with Gasteiger partial charge in [-0.3, -0.25) is 25.3 Å². The third-order valence-corrected chi connectivity index (χ3v) is 11.0. The molecular weight excluding hydrogens is 847 g/mol. The van der Waals surface area contributed by atoms with Crippen molar-refractivity contribution in [3.8, 4) is 0 Å². The van der Waals surface area contributed by atoms with Crippen LogP contribution in [-0.2, 0) is 43.8 Å². The first-order valence-electron chi connectivity index (χ1n) is 21.0. The molecule has 3 rings (SSSR count). The predicted molar refractivity (Wildman–Crippen MR) is 242 cm³/mol. The molecule has 0 aliphatic rings. The Morgan fingerprint density at radius 2 is 1.30 bits per heavy atom. The first kappa shape index (κ1) is 52.4. The Morgan fingerprint density at radius 3 is 1.78 bits per heavy atom. The first-order valence-corrected chi connectivity index (χ1v) is 22.4. The summed E-state index contributed by atoms with van der Waals surface area (Å²) >= 11 is 0. The molecule has 0 aromatic heterocycles. The lowest BCUT2D eigenvalue weighted by molar-refractivity contribution is -0.128. The minimum Gasteiger partial charge on any atom is -0.465 e. The van der Waals surface area contributed by atoms with Crippen LogP contribution in [0.25, 0.3) is 0 Å². The fourth-order valence-corrected chi connectivity index (χ4v) is 7.96. The average molecular weight is 910 g/mol. The molecule has 350 valence electrons. The van der Waals surface area contributed by atoms with E-state index in [1.165, 1.54) is 24.3 Å². The monoisotopic (exact) mass is 909 g/mol. The topological polar surface area (TPSA) is 246 Å². The summed E-state index contributed by atoms with van der Waals surface area (Å²) < 4.78 is 39.9. The van der Waals surface area contributed by atoms with Gasteiger partial charge in [0.25, 0.3) is 0 Å². The summed E-state index contributed by atoms with van der Waals surface area (Å²) in [5.74, 6) is -1.24. The molecule has 0 bridgehead atoms. The fourth-order valence-electron chi connectivity index (χ4n) is 6.34. The summed E-state index contributed by atoms with van der Waals surface area (Å²) in [6.45, 7) is 12.7. The molecule has 0 fully saturated rings.